The number of nitrogens with zero attached hydrogens (tertiary/aromatic N) is 2. The Bertz CT molecular complexity index is 1650. The molecule has 0 fully saturated rings. The Morgan fingerprint density at radius 3 is 2.47 bits per heavy atom. The van der Waals surface area contributed by atoms with Crippen LogP contribution in [-0.2, 0) is 4.79 Å². The number of anilines is 1. The third-order valence-corrected chi connectivity index (χ3v) is 5.74. The van der Waals surface area contributed by atoms with Gasteiger partial charge in [-0.2, -0.15) is 5.26 Å². The highest BCUT2D eigenvalue weighted by atomic mass is 16.6. The van der Waals surface area contributed by atoms with E-state index in [1.807, 2.05) is 36.4 Å². The standard InChI is InChI=1S/C29H21N3O6/c1-18-14-22(32(35)36)11-12-25(18)31-28(33)21(17-30)15-19-10-13-26(37-2)27(16-19)38-29(34)24-9-5-7-20-6-3-4-8-23(20)24/h3-16H,1-2H3,(H,31,33). The van der Waals surface area contributed by atoms with Crippen molar-refractivity contribution in [1.29, 1.82) is 5.26 Å². The lowest BCUT2D eigenvalue weighted by atomic mass is 10.0. The lowest BCUT2D eigenvalue weighted by Crippen LogP contribution is -2.14. The Morgan fingerprint density at radius 2 is 1.76 bits per heavy atom. The van der Waals surface area contributed by atoms with Crippen molar-refractivity contribution < 1.29 is 24.0 Å². The highest BCUT2D eigenvalue weighted by Gasteiger charge is 2.17. The summed E-state index contributed by atoms with van der Waals surface area (Å²) in [5.41, 5.74) is 1.26. The molecular weight excluding hydrogens is 486 g/mol. The quantitative estimate of drug-likeness (QED) is 0.0831. The monoisotopic (exact) mass is 507 g/mol. The van der Waals surface area contributed by atoms with Crippen molar-refractivity contribution in [2.45, 2.75) is 6.92 Å². The Labute approximate surface area is 217 Å². The highest BCUT2D eigenvalue weighted by molar-refractivity contribution is 6.10. The van der Waals surface area contributed by atoms with Crippen LogP contribution in [0.1, 0.15) is 21.5 Å². The minimum atomic E-state index is -0.699. The Kier molecular flexibility index (Phi) is 7.45. The van der Waals surface area contributed by atoms with E-state index in [-0.39, 0.29) is 17.0 Å². The van der Waals surface area contributed by atoms with Gasteiger partial charge in [-0.3, -0.25) is 14.9 Å². The zero-order chi connectivity index (χ0) is 27.2. The van der Waals surface area contributed by atoms with Gasteiger partial charge in [0.25, 0.3) is 11.6 Å². The Hall–Kier alpha value is -5.49. The van der Waals surface area contributed by atoms with Gasteiger partial charge in [-0.1, -0.05) is 42.5 Å². The number of aryl methyl sites for hydroxylation is 1. The molecule has 4 aromatic rings. The number of nitriles is 1. The molecule has 0 aromatic heterocycles. The smallest absolute Gasteiger partial charge is 0.344 e. The first-order chi connectivity index (χ1) is 18.3. The number of amides is 1. The molecule has 1 N–H and O–H groups in total. The molecular formula is C29H21N3O6. The van der Waals surface area contributed by atoms with Crippen molar-refractivity contribution in [2.24, 2.45) is 0 Å². The number of methoxy groups -OCH3 is 1. The Morgan fingerprint density at radius 1 is 1.00 bits per heavy atom. The predicted octanol–water partition coefficient (Wildman–Crippen LogP) is 5.83. The number of nitrogens with one attached hydrogen (secondary N) is 1. The second-order valence-electron chi connectivity index (χ2n) is 8.21. The molecule has 38 heavy (non-hydrogen) atoms. The molecule has 0 radical (unpaired) electrons. The second-order valence-corrected chi connectivity index (χ2v) is 8.21. The molecule has 0 aliphatic heterocycles. The molecule has 188 valence electrons. The number of hydrogen-bond acceptors (Lipinski definition) is 7. The number of carbonyl (C=O) groups excluding carboxylic acids is 2. The van der Waals surface area contributed by atoms with Crippen LogP contribution in [0.15, 0.2) is 84.4 Å². The molecule has 0 aliphatic rings. The first-order valence-corrected chi connectivity index (χ1v) is 11.4. The number of nitro benzene ring substituents is 1. The number of ether oxygens (including phenoxy) is 2. The number of nitro groups is 1. The zero-order valence-electron chi connectivity index (χ0n) is 20.4. The van der Waals surface area contributed by atoms with Gasteiger partial charge in [0.2, 0.25) is 0 Å². The number of rotatable bonds is 7. The molecule has 0 saturated heterocycles. The summed E-state index contributed by atoms with van der Waals surface area (Å²) in [5.74, 6) is -0.883. The minimum absolute atomic E-state index is 0.111. The SMILES string of the molecule is COc1ccc(C=C(C#N)C(=O)Nc2ccc([N+](=O)[O-])cc2C)cc1OC(=O)c1cccc2ccccc12. The molecule has 0 spiro atoms. The highest BCUT2D eigenvalue weighted by Crippen LogP contribution is 2.31. The number of carbonyl (C=O) groups is 2. The van der Waals surface area contributed by atoms with E-state index in [4.69, 9.17) is 9.47 Å². The largest absolute Gasteiger partial charge is 0.493 e. The summed E-state index contributed by atoms with van der Waals surface area (Å²) in [5, 5.41) is 24.8. The summed E-state index contributed by atoms with van der Waals surface area (Å²) in [7, 11) is 1.43. The van der Waals surface area contributed by atoms with Crippen LogP contribution in [0.2, 0.25) is 0 Å². The maximum atomic E-state index is 13.0. The van der Waals surface area contributed by atoms with Crippen LogP contribution < -0.4 is 14.8 Å². The Balaban J connectivity index is 1.60. The van der Waals surface area contributed by atoms with E-state index in [2.05, 4.69) is 5.32 Å². The first-order valence-electron chi connectivity index (χ1n) is 11.4. The number of esters is 1. The molecule has 9 heteroatoms. The normalized spacial score (nSPS) is 10.9. The van der Waals surface area contributed by atoms with E-state index in [9.17, 15) is 25.0 Å². The van der Waals surface area contributed by atoms with Crippen molar-refractivity contribution in [3.63, 3.8) is 0 Å². The molecule has 4 rings (SSSR count). The lowest BCUT2D eigenvalue weighted by Gasteiger charge is -2.12. The summed E-state index contributed by atoms with van der Waals surface area (Å²) in [6, 6.07) is 23.3. The minimum Gasteiger partial charge on any atom is -0.493 e. The van der Waals surface area contributed by atoms with Gasteiger partial charge < -0.3 is 14.8 Å². The van der Waals surface area contributed by atoms with Crippen molar-refractivity contribution in [3.05, 3.63) is 111 Å². The van der Waals surface area contributed by atoms with Gasteiger partial charge in [0.15, 0.2) is 11.5 Å². The van der Waals surface area contributed by atoms with Crippen molar-refractivity contribution in [2.75, 3.05) is 12.4 Å². The van der Waals surface area contributed by atoms with Crippen LogP contribution in [0.25, 0.3) is 16.8 Å². The fourth-order valence-corrected chi connectivity index (χ4v) is 3.83. The van der Waals surface area contributed by atoms with Crippen molar-refractivity contribution in [1.82, 2.24) is 0 Å². The van der Waals surface area contributed by atoms with Crippen molar-refractivity contribution in [3.8, 4) is 17.6 Å². The number of benzene rings is 4. The van der Waals surface area contributed by atoms with E-state index < -0.39 is 16.8 Å². The molecule has 0 saturated carbocycles. The molecule has 9 nitrogen and oxygen atoms in total. The van der Waals surface area contributed by atoms with Crippen LogP contribution in [-0.4, -0.2) is 23.9 Å². The summed E-state index contributed by atoms with van der Waals surface area (Å²) < 4.78 is 11.0. The van der Waals surface area contributed by atoms with E-state index in [1.165, 1.54) is 37.5 Å². The van der Waals surface area contributed by atoms with Gasteiger partial charge in [0.05, 0.1) is 17.6 Å². The average molecular weight is 508 g/mol. The molecule has 0 aliphatic carbocycles. The molecule has 0 unspecified atom stereocenters. The maximum absolute atomic E-state index is 13.0. The van der Waals surface area contributed by atoms with Crippen LogP contribution in [0.5, 0.6) is 11.5 Å². The van der Waals surface area contributed by atoms with Gasteiger partial charge in [-0.05, 0) is 59.2 Å². The van der Waals surface area contributed by atoms with Gasteiger partial charge in [0.1, 0.15) is 11.6 Å². The third-order valence-electron chi connectivity index (χ3n) is 5.74. The topological polar surface area (TPSA) is 132 Å². The summed E-state index contributed by atoms with van der Waals surface area (Å²) in [6.07, 6.45) is 1.34. The maximum Gasteiger partial charge on any atom is 0.344 e. The second kappa shape index (κ2) is 11.1. The van der Waals surface area contributed by atoms with Gasteiger partial charge in [-0.15, -0.1) is 0 Å². The number of hydrogen-bond donors (Lipinski definition) is 1. The fraction of sp³-hybridized carbons (Fsp3) is 0.0690. The summed E-state index contributed by atoms with van der Waals surface area (Å²) in [6.45, 7) is 1.61. The molecule has 1 amide bonds. The molecule has 0 bridgehead atoms. The lowest BCUT2D eigenvalue weighted by molar-refractivity contribution is -0.384. The zero-order valence-corrected chi connectivity index (χ0v) is 20.4. The van der Waals surface area contributed by atoms with Crippen LogP contribution >= 0.6 is 0 Å². The van der Waals surface area contributed by atoms with E-state index in [0.29, 0.717) is 28.1 Å². The summed E-state index contributed by atoms with van der Waals surface area (Å²) in [4.78, 5) is 36.2. The summed E-state index contributed by atoms with van der Waals surface area (Å²) >= 11 is 0. The van der Waals surface area contributed by atoms with Crippen molar-refractivity contribution >= 4 is 40.1 Å². The molecule has 0 atom stereocenters. The van der Waals surface area contributed by atoms with Crippen LogP contribution in [0.4, 0.5) is 11.4 Å². The first kappa shape index (κ1) is 25.6. The van der Waals surface area contributed by atoms with E-state index in [1.54, 1.807) is 31.2 Å². The predicted molar refractivity (Wildman–Crippen MR) is 142 cm³/mol. The van der Waals surface area contributed by atoms with Gasteiger partial charge >= 0.3 is 5.97 Å². The third kappa shape index (κ3) is 5.50. The van der Waals surface area contributed by atoms with Gasteiger partial charge in [-0.25, -0.2) is 4.79 Å². The van der Waals surface area contributed by atoms with E-state index >= 15 is 0 Å². The average Bonchev–Trinajstić information content (AvgIpc) is 2.92. The van der Waals surface area contributed by atoms with Crippen LogP contribution in [0, 0.1) is 28.4 Å². The number of fused-ring (bicyclic) bond motifs is 1. The van der Waals surface area contributed by atoms with Crippen LogP contribution in [0.3, 0.4) is 0 Å². The molecule has 4 aromatic carbocycles. The van der Waals surface area contributed by atoms with E-state index in [0.717, 1.165) is 10.8 Å². The number of non-ortho nitro benzene ring substituents is 1. The molecule has 0 heterocycles. The van der Waals surface area contributed by atoms with Gasteiger partial charge in [0, 0.05) is 17.8 Å². The fourth-order valence-electron chi connectivity index (χ4n) is 3.83.